The predicted molar refractivity (Wildman–Crippen MR) is 173 cm³/mol. The quantitative estimate of drug-likeness (QED) is 0.146. The van der Waals surface area contributed by atoms with Crippen molar-refractivity contribution in [1.82, 2.24) is 0 Å². The second kappa shape index (κ2) is 13.5. The van der Waals surface area contributed by atoms with Crippen molar-refractivity contribution < 1.29 is 57.0 Å². The van der Waals surface area contributed by atoms with Crippen LogP contribution in [0.25, 0.3) is 0 Å². The molecular weight excluding hydrogens is 792 g/mol. The number of anilines is 1. The van der Waals surface area contributed by atoms with Crippen molar-refractivity contribution in [2.24, 2.45) is 11.8 Å². The zero-order valence-electron chi connectivity index (χ0n) is 24.7. The van der Waals surface area contributed by atoms with E-state index in [2.05, 4.69) is 5.32 Å². The van der Waals surface area contributed by atoms with Crippen LogP contribution >= 0.6 is 23.2 Å². The van der Waals surface area contributed by atoms with Crippen LogP contribution in [0.2, 0.25) is 10.0 Å². The average molecular weight is 815 g/mol. The van der Waals surface area contributed by atoms with Crippen LogP contribution in [0, 0.1) is 15.4 Å². The molecular formula is C35H23Cl2INO8S-. The number of halogens is 3. The Bertz CT molecular complexity index is 2200. The number of carbonyl (C=O) groups is 6. The molecule has 13 heteroatoms. The summed E-state index contributed by atoms with van der Waals surface area (Å²) < 4.78 is 27.3. The molecule has 4 aromatic rings. The number of benzene rings is 4. The molecule has 2 atom stereocenters. The summed E-state index contributed by atoms with van der Waals surface area (Å²) in [4.78, 5) is 78.1. The van der Waals surface area contributed by atoms with Crippen LogP contribution in [-0.2, 0) is 23.0 Å². The fourth-order valence-corrected chi connectivity index (χ4v) is 11.9. The van der Waals surface area contributed by atoms with Gasteiger partial charge in [0.25, 0.3) is 0 Å². The zero-order valence-corrected chi connectivity index (χ0v) is 29.2. The maximum atomic E-state index is 13.5. The second-order valence-electron chi connectivity index (χ2n) is 11.2. The van der Waals surface area contributed by atoms with Gasteiger partial charge in [0.1, 0.15) is 0 Å². The van der Waals surface area contributed by atoms with E-state index in [4.69, 9.17) is 23.2 Å². The van der Waals surface area contributed by atoms with E-state index >= 15 is 0 Å². The van der Waals surface area contributed by atoms with Crippen molar-refractivity contribution in [1.29, 1.82) is 0 Å². The molecule has 9 nitrogen and oxygen atoms in total. The van der Waals surface area contributed by atoms with Crippen LogP contribution in [0.5, 0.6) is 0 Å². The van der Waals surface area contributed by atoms with Crippen LogP contribution in [-0.4, -0.2) is 43.2 Å². The Kier molecular flexibility index (Phi) is 9.49. The number of amides is 1. The van der Waals surface area contributed by atoms with Gasteiger partial charge in [0.05, 0.1) is 0 Å². The third-order valence-electron chi connectivity index (χ3n) is 8.01. The molecule has 0 bridgehead atoms. The van der Waals surface area contributed by atoms with Crippen molar-refractivity contribution in [2.45, 2.75) is 24.2 Å². The van der Waals surface area contributed by atoms with Crippen molar-refractivity contribution in [3.8, 4) is 0 Å². The number of Topliss-reactive ketones (excluding diaryl/α,β-unsaturated/α-hetero) is 5. The standard InChI is InChI=1S/C35H23Cl2INO8S/c36-19-6-1-4-18(14-19)5-2-9-28(40)29-31(41)25-13-11-23(17-27(25)33(29)43)48(46,47)38-21-10-12-24-26(16-21)34(44)30(32(24)42)35(45)39-22-8-3-7-20(37)15-22/h1,3-4,6-8,10-17,29-30H,2,5,9H2,(H,39,45)/q-1. The van der Waals surface area contributed by atoms with Crippen LogP contribution < -0.4 is 25.1 Å². The van der Waals surface area contributed by atoms with E-state index in [-0.39, 0.29) is 37.1 Å². The van der Waals surface area contributed by atoms with Crippen LogP contribution in [0.3, 0.4) is 0 Å². The molecule has 1 amide bonds. The Morgan fingerprint density at radius 3 is 2.00 bits per heavy atom. The van der Waals surface area contributed by atoms with Gasteiger partial charge in [-0.3, -0.25) is 0 Å². The molecule has 6 rings (SSSR count). The molecule has 0 aromatic heterocycles. The summed E-state index contributed by atoms with van der Waals surface area (Å²) in [6.45, 7) is 0. The topological polar surface area (TPSA) is 149 Å². The van der Waals surface area contributed by atoms with Gasteiger partial charge in [0, 0.05) is 5.02 Å². The molecule has 48 heavy (non-hydrogen) atoms. The van der Waals surface area contributed by atoms with Crippen LogP contribution in [0.4, 0.5) is 5.69 Å². The Labute approximate surface area is 293 Å². The van der Waals surface area contributed by atoms with Gasteiger partial charge in [0.15, 0.2) is 0 Å². The summed E-state index contributed by atoms with van der Waals surface area (Å²) in [7, 11) is -4.02. The van der Waals surface area contributed by atoms with Gasteiger partial charge in [0.2, 0.25) is 0 Å². The fourth-order valence-electron chi connectivity index (χ4n) is 5.71. The molecule has 0 heterocycles. The minimum absolute atomic E-state index is 0.00549. The summed E-state index contributed by atoms with van der Waals surface area (Å²) >= 11 is 10.1. The molecule has 0 saturated carbocycles. The Hall–Kier alpha value is -4.04. The second-order valence-corrected chi connectivity index (χ2v) is 19.6. The monoisotopic (exact) mass is 814 g/mol. The summed E-state index contributed by atoms with van der Waals surface area (Å²) in [6, 6.07) is 21.1. The summed E-state index contributed by atoms with van der Waals surface area (Å²) in [6.07, 6.45) is 0.917. The minimum atomic E-state index is -4.02. The number of ketones is 5. The van der Waals surface area contributed by atoms with Crippen LogP contribution in [0.15, 0.2) is 89.8 Å². The number of rotatable bonds is 10. The molecule has 4 aromatic carbocycles. The Morgan fingerprint density at radius 2 is 1.29 bits per heavy atom. The van der Waals surface area contributed by atoms with E-state index in [1.54, 1.807) is 36.4 Å². The first kappa shape index (κ1) is 33.8. The zero-order chi connectivity index (χ0) is 34.3. The molecule has 244 valence electrons. The molecule has 0 fully saturated rings. The molecule has 0 aliphatic heterocycles. The number of aryl methyl sites for hydroxylation is 1. The maximum absolute atomic E-state index is 13.5. The van der Waals surface area contributed by atoms with E-state index in [9.17, 15) is 37.2 Å². The first-order valence-electron chi connectivity index (χ1n) is 14.5. The molecule has 2 unspecified atom stereocenters. The van der Waals surface area contributed by atoms with Crippen molar-refractivity contribution in [3.63, 3.8) is 0 Å². The fraction of sp³-hybridized carbons (Fsp3) is 0.143. The molecule has 1 N–H and O–H groups in total. The number of nitrogens with one attached hydrogen (secondary N) is 1. The van der Waals surface area contributed by atoms with Crippen molar-refractivity contribution in [3.05, 3.63) is 126 Å². The van der Waals surface area contributed by atoms with Crippen LogP contribution in [0.1, 0.15) is 59.8 Å². The first-order valence-corrected chi connectivity index (χ1v) is 20.4. The van der Waals surface area contributed by atoms with Gasteiger partial charge in [-0.05, 0) is 6.07 Å². The average Bonchev–Trinajstić information content (AvgIpc) is 3.44. The van der Waals surface area contributed by atoms with E-state index in [1.807, 2.05) is 6.07 Å². The first-order chi connectivity index (χ1) is 22.8. The molecule has 2 aliphatic carbocycles. The van der Waals surface area contributed by atoms with Gasteiger partial charge < -0.3 is 0 Å². The third-order valence-corrected chi connectivity index (χ3v) is 15.1. The van der Waals surface area contributed by atoms with Gasteiger partial charge in [-0.2, -0.15) is 0 Å². The van der Waals surface area contributed by atoms with Gasteiger partial charge in [-0.15, -0.1) is 0 Å². The third kappa shape index (κ3) is 6.64. The number of hydrogen-bond acceptors (Lipinski definition) is 8. The summed E-state index contributed by atoms with van der Waals surface area (Å²) in [5, 5.41) is 3.43. The number of fused-ring (bicyclic) bond motifs is 2. The van der Waals surface area contributed by atoms with Gasteiger partial charge >= 0.3 is 267 Å². The summed E-state index contributed by atoms with van der Waals surface area (Å²) in [5.74, 6) is -7.34. The number of carbonyl (C=O) groups excluding carboxylic acids is 6. The molecule has 0 radical (unpaired) electrons. The van der Waals surface area contributed by atoms with Gasteiger partial charge in [-0.1, -0.05) is 17.7 Å². The molecule has 0 saturated heterocycles. The summed E-state index contributed by atoms with van der Waals surface area (Å²) in [5.41, 5.74) is 1.06. The molecule has 2 aliphatic rings. The SMILES string of the molecule is O=C(CCCc1cccc(Cl)c1)C1C(=O)c2ccc(S(=O)(=O)[I-]c3ccc4c(c3)C(=O)C(C(=O)Nc3cccc(Cl)c3)C4=O)cc2C1=O. The van der Waals surface area contributed by atoms with E-state index in [0.717, 1.165) is 11.6 Å². The number of hydrogen-bond donors (Lipinski definition) is 1. The van der Waals surface area contributed by atoms with Crippen molar-refractivity contribution >= 4 is 70.7 Å². The van der Waals surface area contributed by atoms with E-state index in [1.165, 1.54) is 36.4 Å². The van der Waals surface area contributed by atoms with E-state index in [0.29, 0.717) is 28.6 Å². The normalized spacial score (nSPS) is 17.0. The van der Waals surface area contributed by atoms with E-state index < -0.39 is 73.5 Å². The van der Waals surface area contributed by atoms with Gasteiger partial charge in [-0.25, -0.2) is 0 Å². The predicted octanol–water partition coefficient (Wildman–Crippen LogP) is 2.86. The van der Waals surface area contributed by atoms with Crippen molar-refractivity contribution in [2.75, 3.05) is 5.32 Å². The Morgan fingerprint density at radius 1 is 0.688 bits per heavy atom. The Balaban J connectivity index is 1.15. The molecule has 0 spiro atoms.